The van der Waals surface area contributed by atoms with Gasteiger partial charge in [0.2, 0.25) is 11.8 Å². The van der Waals surface area contributed by atoms with Crippen molar-refractivity contribution in [3.8, 4) is 0 Å². The number of amides is 2. The molecule has 0 bridgehead atoms. The molecule has 0 aliphatic carbocycles. The van der Waals surface area contributed by atoms with Crippen molar-refractivity contribution >= 4 is 11.8 Å². The zero-order valence-corrected chi connectivity index (χ0v) is 7.55. The minimum atomic E-state index is -0.559. The molecule has 2 amide bonds. The van der Waals surface area contributed by atoms with Crippen LogP contribution in [0.25, 0.3) is 0 Å². The van der Waals surface area contributed by atoms with E-state index in [1.165, 1.54) is 6.08 Å². The maximum absolute atomic E-state index is 11.0. The number of rotatable bonds is 3. The predicted octanol–water partition coefficient (Wildman–Crippen LogP) is 0.148. The third-order valence-electron chi connectivity index (χ3n) is 1.20. The molecule has 0 fully saturated rings. The number of nitrogens with two attached hydrogens (primary N) is 1. The van der Waals surface area contributed by atoms with Crippen LogP contribution in [0.15, 0.2) is 11.8 Å². The van der Waals surface area contributed by atoms with Crippen LogP contribution < -0.4 is 11.1 Å². The van der Waals surface area contributed by atoms with Crippen LogP contribution in [0.1, 0.15) is 20.8 Å². The lowest BCUT2D eigenvalue weighted by Gasteiger charge is -2.06. The lowest BCUT2D eigenvalue weighted by molar-refractivity contribution is -0.123. The van der Waals surface area contributed by atoms with Gasteiger partial charge in [0.15, 0.2) is 0 Å². The van der Waals surface area contributed by atoms with Gasteiger partial charge in [-0.3, -0.25) is 9.59 Å². The van der Waals surface area contributed by atoms with Crippen LogP contribution in [0, 0.1) is 5.92 Å². The van der Waals surface area contributed by atoms with Gasteiger partial charge in [0.1, 0.15) is 0 Å². The van der Waals surface area contributed by atoms with Crippen molar-refractivity contribution in [2.24, 2.45) is 11.7 Å². The molecule has 0 saturated heterocycles. The van der Waals surface area contributed by atoms with Gasteiger partial charge in [0.25, 0.3) is 0 Å². The van der Waals surface area contributed by atoms with E-state index in [0.29, 0.717) is 5.70 Å². The van der Waals surface area contributed by atoms with E-state index in [9.17, 15) is 9.59 Å². The Kier molecular flexibility index (Phi) is 4.04. The van der Waals surface area contributed by atoms with Crippen LogP contribution in [-0.2, 0) is 9.59 Å². The standard InChI is InChI=1S/C8H14N2O2/c1-5(2)8(12)10-6(3)4-7(9)11/h4-5H,1-3H3,(H2,9,11)(H,10,12). The molecule has 0 spiro atoms. The maximum Gasteiger partial charge on any atom is 0.243 e. The molecule has 68 valence electrons. The monoisotopic (exact) mass is 170 g/mol. The minimum absolute atomic E-state index is 0.0961. The number of primary amides is 1. The van der Waals surface area contributed by atoms with Crippen LogP contribution >= 0.6 is 0 Å². The molecular formula is C8H14N2O2. The Morgan fingerprint density at radius 1 is 1.42 bits per heavy atom. The van der Waals surface area contributed by atoms with Gasteiger partial charge in [0.05, 0.1) is 0 Å². The highest BCUT2D eigenvalue weighted by atomic mass is 16.2. The molecule has 0 unspecified atom stereocenters. The Morgan fingerprint density at radius 3 is 2.25 bits per heavy atom. The van der Waals surface area contributed by atoms with Crippen molar-refractivity contribution in [1.82, 2.24) is 5.32 Å². The van der Waals surface area contributed by atoms with E-state index in [2.05, 4.69) is 5.32 Å². The molecule has 0 aliphatic heterocycles. The number of allylic oxidation sites excluding steroid dienone is 1. The highest BCUT2D eigenvalue weighted by Crippen LogP contribution is 1.94. The van der Waals surface area contributed by atoms with Crippen LogP contribution in [0.5, 0.6) is 0 Å². The normalized spacial score (nSPS) is 11.5. The second kappa shape index (κ2) is 4.54. The van der Waals surface area contributed by atoms with E-state index in [1.54, 1.807) is 20.8 Å². The molecule has 0 aromatic heterocycles. The molecule has 0 atom stereocenters. The van der Waals surface area contributed by atoms with Gasteiger partial charge >= 0.3 is 0 Å². The summed E-state index contributed by atoms with van der Waals surface area (Å²) in [7, 11) is 0. The number of carbonyl (C=O) groups excluding carboxylic acids is 2. The Bertz CT molecular complexity index is 219. The summed E-state index contributed by atoms with van der Waals surface area (Å²) >= 11 is 0. The van der Waals surface area contributed by atoms with Gasteiger partial charge in [0, 0.05) is 17.7 Å². The van der Waals surface area contributed by atoms with Gasteiger partial charge in [-0.15, -0.1) is 0 Å². The average molecular weight is 170 g/mol. The quantitative estimate of drug-likeness (QED) is 0.592. The van der Waals surface area contributed by atoms with E-state index < -0.39 is 5.91 Å². The molecular weight excluding hydrogens is 156 g/mol. The molecule has 12 heavy (non-hydrogen) atoms. The maximum atomic E-state index is 11.0. The Hall–Kier alpha value is -1.32. The summed E-state index contributed by atoms with van der Waals surface area (Å²) < 4.78 is 0. The fourth-order valence-electron chi connectivity index (χ4n) is 0.588. The number of carbonyl (C=O) groups is 2. The van der Waals surface area contributed by atoms with Crippen molar-refractivity contribution in [2.75, 3.05) is 0 Å². The second-order valence-electron chi connectivity index (χ2n) is 2.87. The molecule has 0 rings (SSSR count). The highest BCUT2D eigenvalue weighted by Gasteiger charge is 2.06. The van der Waals surface area contributed by atoms with Gasteiger partial charge in [-0.1, -0.05) is 13.8 Å². The Labute approximate surface area is 71.8 Å². The Morgan fingerprint density at radius 2 is 1.92 bits per heavy atom. The number of hydrogen-bond acceptors (Lipinski definition) is 2. The lowest BCUT2D eigenvalue weighted by Crippen LogP contribution is -2.27. The summed E-state index contributed by atoms with van der Waals surface area (Å²) in [6.07, 6.45) is 1.18. The van der Waals surface area contributed by atoms with E-state index in [4.69, 9.17) is 5.73 Å². The summed E-state index contributed by atoms with van der Waals surface area (Å²) in [4.78, 5) is 21.4. The summed E-state index contributed by atoms with van der Waals surface area (Å²) in [5, 5.41) is 2.53. The first-order chi connectivity index (χ1) is 5.43. The van der Waals surface area contributed by atoms with Crippen LogP contribution in [0.3, 0.4) is 0 Å². The summed E-state index contributed by atoms with van der Waals surface area (Å²) in [5.74, 6) is -0.775. The van der Waals surface area contributed by atoms with Crippen LogP contribution in [0.2, 0.25) is 0 Å². The molecule has 0 aliphatic rings. The SMILES string of the molecule is CC(=CC(N)=O)NC(=O)C(C)C. The molecule has 0 heterocycles. The van der Waals surface area contributed by atoms with Gasteiger partial charge < -0.3 is 11.1 Å². The third kappa shape index (κ3) is 4.49. The smallest absolute Gasteiger partial charge is 0.243 e. The summed E-state index contributed by atoms with van der Waals surface area (Å²) in [6.45, 7) is 5.16. The lowest BCUT2D eigenvalue weighted by atomic mass is 10.2. The molecule has 3 N–H and O–H groups in total. The molecule has 0 aromatic carbocycles. The van der Waals surface area contributed by atoms with Crippen molar-refractivity contribution in [1.29, 1.82) is 0 Å². The fourth-order valence-corrected chi connectivity index (χ4v) is 0.588. The van der Waals surface area contributed by atoms with Gasteiger partial charge in [-0.2, -0.15) is 0 Å². The van der Waals surface area contributed by atoms with Gasteiger partial charge in [-0.25, -0.2) is 0 Å². The summed E-state index contributed by atoms with van der Waals surface area (Å²) in [5.41, 5.74) is 5.35. The predicted molar refractivity (Wildman–Crippen MR) is 45.9 cm³/mol. The van der Waals surface area contributed by atoms with Gasteiger partial charge in [-0.05, 0) is 6.92 Å². The van der Waals surface area contributed by atoms with Crippen LogP contribution in [0.4, 0.5) is 0 Å². The van der Waals surface area contributed by atoms with Crippen molar-refractivity contribution < 1.29 is 9.59 Å². The van der Waals surface area contributed by atoms with E-state index in [-0.39, 0.29) is 11.8 Å². The van der Waals surface area contributed by atoms with E-state index in [0.717, 1.165) is 0 Å². The highest BCUT2D eigenvalue weighted by molar-refractivity contribution is 5.88. The minimum Gasteiger partial charge on any atom is -0.366 e. The number of hydrogen-bond donors (Lipinski definition) is 2. The number of nitrogens with one attached hydrogen (secondary N) is 1. The molecule has 0 aromatic rings. The Balaban J connectivity index is 4.09. The van der Waals surface area contributed by atoms with E-state index >= 15 is 0 Å². The largest absolute Gasteiger partial charge is 0.366 e. The molecule has 4 nitrogen and oxygen atoms in total. The van der Waals surface area contributed by atoms with E-state index in [1.807, 2.05) is 0 Å². The van der Waals surface area contributed by atoms with Crippen molar-refractivity contribution in [3.05, 3.63) is 11.8 Å². The third-order valence-corrected chi connectivity index (χ3v) is 1.20. The van der Waals surface area contributed by atoms with Crippen LogP contribution in [-0.4, -0.2) is 11.8 Å². The first-order valence-corrected chi connectivity index (χ1v) is 3.72. The zero-order chi connectivity index (χ0) is 9.72. The van der Waals surface area contributed by atoms with Crippen molar-refractivity contribution in [3.63, 3.8) is 0 Å². The average Bonchev–Trinajstić information content (AvgIpc) is 1.84. The second-order valence-corrected chi connectivity index (χ2v) is 2.87. The summed E-state index contributed by atoms with van der Waals surface area (Å²) in [6, 6.07) is 0. The first-order valence-electron chi connectivity index (χ1n) is 3.72. The molecule has 0 radical (unpaired) electrons. The van der Waals surface area contributed by atoms with Crippen molar-refractivity contribution in [2.45, 2.75) is 20.8 Å². The molecule has 4 heteroatoms. The first kappa shape index (κ1) is 10.7. The fraction of sp³-hybridized carbons (Fsp3) is 0.500. The molecule has 0 saturated carbocycles. The zero-order valence-electron chi connectivity index (χ0n) is 7.55. The topological polar surface area (TPSA) is 72.2 Å².